The van der Waals surface area contributed by atoms with E-state index >= 15 is 0 Å². The van der Waals surface area contributed by atoms with Crippen LogP contribution in [0, 0.1) is 6.92 Å². The Bertz CT molecular complexity index is 716. The van der Waals surface area contributed by atoms with E-state index < -0.39 is 10.0 Å². The smallest absolute Gasteiger partial charge is 0.263 e. The summed E-state index contributed by atoms with van der Waals surface area (Å²) in [7, 11) is -1.91. The van der Waals surface area contributed by atoms with Gasteiger partial charge in [0.2, 0.25) is 0 Å². The van der Waals surface area contributed by atoms with Crippen LogP contribution < -0.4 is 4.72 Å². The minimum Gasteiger partial charge on any atom is -0.391 e. The summed E-state index contributed by atoms with van der Waals surface area (Å²) in [6, 6.07) is 1.50. The maximum Gasteiger partial charge on any atom is 0.263 e. The van der Waals surface area contributed by atoms with Crippen LogP contribution >= 0.6 is 11.3 Å². The Morgan fingerprint density at radius 2 is 2.20 bits per heavy atom. The number of nitrogens with one attached hydrogen (secondary N) is 1. The fourth-order valence-electron chi connectivity index (χ4n) is 1.95. The molecule has 2 aromatic rings. The molecule has 0 fully saturated rings. The summed E-state index contributed by atoms with van der Waals surface area (Å²) >= 11 is 1.28. The molecule has 2 N–H and O–H groups in total. The van der Waals surface area contributed by atoms with Gasteiger partial charge >= 0.3 is 0 Å². The van der Waals surface area contributed by atoms with E-state index in [1.165, 1.54) is 17.4 Å². The highest BCUT2D eigenvalue weighted by molar-refractivity contribution is 7.93. The molecule has 0 amide bonds. The molecule has 0 bridgehead atoms. The van der Waals surface area contributed by atoms with E-state index in [9.17, 15) is 8.42 Å². The number of anilines is 1. The van der Waals surface area contributed by atoms with Crippen molar-refractivity contribution in [3.63, 3.8) is 0 Å². The number of aryl methyl sites for hydroxylation is 3. The Balaban J connectivity index is 2.37. The van der Waals surface area contributed by atoms with Gasteiger partial charge in [-0.25, -0.2) is 8.42 Å². The highest BCUT2D eigenvalue weighted by Gasteiger charge is 2.21. The minimum atomic E-state index is -3.66. The summed E-state index contributed by atoms with van der Waals surface area (Å²) in [5.41, 5.74) is 1.19. The number of nitrogens with zero attached hydrogens (tertiary/aromatic N) is 2. The minimum absolute atomic E-state index is 0.159. The van der Waals surface area contributed by atoms with Gasteiger partial charge in [0, 0.05) is 23.0 Å². The Labute approximate surface area is 122 Å². The molecule has 8 heteroatoms. The quantitative estimate of drug-likeness (QED) is 0.878. The van der Waals surface area contributed by atoms with Gasteiger partial charge in [-0.15, -0.1) is 11.3 Å². The van der Waals surface area contributed by atoms with E-state index in [0.29, 0.717) is 27.6 Å². The monoisotopic (exact) mass is 315 g/mol. The SMILES string of the molecule is CCc1nn(C)cc1NS(=O)(=O)c1cc(CO)sc1C. The molecule has 0 radical (unpaired) electrons. The van der Waals surface area contributed by atoms with Crippen LogP contribution in [0.1, 0.15) is 22.4 Å². The molecule has 0 aromatic carbocycles. The van der Waals surface area contributed by atoms with Gasteiger partial charge in [0.15, 0.2) is 0 Å². The third kappa shape index (κ3) is 2.87. The van der Waals surface area contributed by atoms with Gasteiger partial charge in [-0.2, -0.15) is 5.10 Å². The van der Waals surface area contributed by atoms with Crippen molar-refractivity contribution >= 4 is 27.0 Å². The van der Waals surface area contributed by atoms with Crippen LogP contribution in [-0.4, -0.2) is 23.3 Å². The first-order valence-electron chi connectivity index (χ1n) is 6.13. The maximum atomic E-state index is 12.4. The molecule has 0 aliphatic rings. The fraction of sp³-hybridized carbons (Fsp3) is 0.417. The van der Waals surface area contributed by atoms with Crippen LogP contribution in [-0.2, 0) is 30.1 Å². The van der Waals surface area contributed by atoms with Gasteiger partial charge in [0.05, 0.1) is 18.0 Å². The second kappa shape index (κ2) is 5.55. The number of sulfonamides is 1. The zero-order valence-corrected chi connectivity index (χ0v) is 13.2. The fourth-order valence-corrected chi connectivity index (χ4v) is 4.52. The van der Waals surface area contributed by atoms with Crippen molar-refractivity contribution in [2.75, 3.05) is 4.72 Å². The highest BCUT2D eigenvalue weighted by Crippen LogP contribution is 2.28. The van der Waals surface area contributed by atoms with Crippen molar-refractivity contribution in [1.82, 2.24) is 9.78 Å². The van der Waals surface area contributed by atoms with Gasteiger partial charge in [0.25, 0.3) is 10.0 Å². The summed E-state index contributed by atoms with van der Waals surface area (Å²) in [6.45, 7) is 3.48. The molecule has 0 aliphatic heterocycles. The zero-order valence-electron chi connectivity index (χ0n) is 11.5. The van der Waals surface area contributed by atoms with E-state index in [-0.39, 0.29) is 11.5 Å². The average Bonchev–Trinajstić information content (AvgIpc) is 2.92. The largest absolute Gasteiger partial charge is 0.391 e. The first kappa shape index (κ1) is 15.0. The van der Waals surface area contributed by atoms with Gasteiger partial charge in [-0.3, -0.25) is 9.40 Å². The van der Waals surface area contributed by atoms with E-state index in [2.05, 4.69) is 9.82 Å². The van der Waals surface area contributed by atoms with Crippen LogP contribution in [0.5, 0.6) is 0 Å². The Kier molecular flexibility index (Phi) is 4.17. The van der Waals surface area contributed by atoms with Gasteiger partial charge < -0.3 is 5.11 Å². The van der Waals surface area contributed by atoms with Crippen LogP contribution in [0.15, 0.2) is 17.2 Å². The number of aliphatic hydroxyl groups is 1. The molecule has 20 heavy (non-hydrogen) atoms. The van der Waals surface area contributed by atoms with E-state index in [1.54, 1.807) is 24.9 Å². The van der Waals surface area contributed by atoms with E-state index in [4.69, 9.17) is 5.11 Å². The molecule has 0 unspecified atom stereocenters. The van der Waals surface area contributed by atoms with Crippen molar-refractivity contribution in [1.29, 1.82) is 0 Å². The maximum absolute atomic E-state index is 12.4. The number of hydrogen-bond donors (Lipinski definition) is 2. The van der Waals surface area contributed by atoms with Crippen LogP contribution in [0.25, 0.3) is 0 Å². The third-order valence-electron chi connectivity index (χ3n) is 2.85. The number of hydrogen-bond acceptors (Lipinski definition) is 5. The lowest BCUT2D eigenvalue weighted by molar-refractivity contribution is 0.285. The molecule has 6 nitrogen and oxygen atoms in total. The lowest BCUT2D eigenvalue weighted by atomic mass is 10.3. The first-order chi connectivity index (χ1) is 9.37. The molecule has 0 saturated carbocycles. The third-order valence-corrected chi connectivity index (χ3v) is 5.51. The second-order valence-electron chi connectivity index (χ2n) is 4.41. The molecule has 2 heterocycles. The number of aliphatic hydroxyl groups excluding tert-OH is 1. The molecular weight excluding hydrogens is 298 g/mol. The Hall–Kier alpha value is -1.38. The molecule has 2 rings (SSSR count). The van der Waals surface area contributed by atoms with Crippen LogP contribution in [0.2, 0.25) is 0 Å². The Morgan fingerprint density at radius 3 is 2.75 bits per heavy atom. The van der Waals surface area contributed by atoms with Crippen LogP contribution in [0.3, 0.4) is 0 Å². The summed E-state index contributed by atoms with van der Waals surface area (Å²) < 4.78 is 29.0. The molecular formula is C12H17N3O3S2. The summed E-state index contributed by atoms with van der Waals surface area (Å²) in [4.78, 5) is 1.49. The molecule has 0 spiro atoms. The lowest BCUT2D eigenvalue weighted by Gasteiger charge is -2.06. The summed E-state index contributed by atoms with van der Waals surface area (Å²) in [5, 5.41) is 13.3. The summed E-state index contributed by atoms with van der Waals surface area (Å²) in [5.74, 6) is 0. The summed E-state index contributed by atoms with van der Waals surface area (Å²) in [6.07, 6.45) is 2.29. The van der Waals surface area contributed by atoms with Crippen molar-refractivity contribution in [3.05, 3.63) is 27.7 Å². The Morgan fingerprint density at radius 1 is 1.50 bits per heavy atom. The average molecular weight is 315 g/mol. The van der Waals surface area contributed by atoms with Crippen molar-refractivity contribution in [3.8, 4) is 0 Å². The van der Waals surface area contributed by atoms with E-state index in [0.717, 1.165) is 0 Å². The molecule has 0 saturated heterocycles. The first-order valence-corrected chi connectivity index (χ1v) is 8.42. The predicted molar refractivity (Wildman–Crippen MR) is 78.4 cm³/mol. The topological polar surface area (TPSA) is 84.2 Å². The lowest BCUT2D eigenvalue weighted by Crippen LogP contribution is -2.13. The molecule has 0 atom stereocenters. The number of aromatic nitrogens is 2. The predicted octanol–water partition coefficient (Wildman–Crippen LogP) is 1.65. The van der Waals surface area contributed by atoms with Gasteiger partial charge in [-0.1, -0.05) is 6.92 Å². The number of thiophene rings is 1. The van der Waals surface area contributed by atoms with Gasteiger partial charge in [-0.05, 0) is 19.4 Å². The molecule has 2 aromatic heterocycles. The standard InChI is InChI=1S/C12H17N3O3S2/c1-4-10-11(6-15(3)13-10)14-20(17,18)12-5-9(7-16)19-8(12)2/h5-6,14,16H,4,7H2,1-3H3. The molecule has 0 aliphatic carbocycles. The van der Waals surface area contributed by atoms with Crippen molar-refractivity contribution < 1.29 is 13.5 Å². The number of rotatable bonds is 5. The highest BCUT2D eigenvalue weighted by atomic mass is 32.2. The van der Waals surface area contributed by atoms with E-state index in [1.807, 2.05) is 6.92 Å². The van der Waals surface area contributed by atoms with Crippen molar-refractivity contribution in [2.45, 2.75) is 31.8 Å². The molecule has 110 valence electrons. The van der Waals surface area contributed by atoms with Crippen molar-refractivity contribution in [2.24, 2.45) is 7.05 Å². The van der Waals surface area contributed by atoms with Crippen LogP contribution in [0.4, 0.5) is 5.69 Å². The normalized spacial score (nSPS) is 11.8. The van der Waals surface area contributed by atoms with Gasteiger partial charge in [0.1, 0.15) is 4.90 Å². The zero-order chi connectivity index (χ0) is 14.9. The second-order valence-corrected chi connectivity index (χ2v) is 7.41.